The van der Waals surface area contributed by atoms with Crippen LogP contribution in [-0.4, -0.2) is 74.8 Å². The van der Waals surface area contributed by atoms with E-state index < -0.39 is 60.2 Å². The van der Waals surface area contributed by atoms with Crippen molar-refractivity contribution in [1.29, 1.82) is 0 Å². The number of fused-ring (bicyclic) bond motifs is 1. The van der Waals surface area contributed by atoms with Crippen molar-refractivity contribution in [3.8, 4) is 0 Å². The van der Waals surface area contributed by atoms with Gasteiger partial charge in [-0.3, -0.25) is 19.2 Å². The standard InChI is InChI=1S/C25H35N5O7S/c1-13(2)9-16(26)22(33)29-19(10-14-11-27-17-6-4-3-5-15(14)17)23(34)30-20(12-38)24(35)28-18(25(36)37)7-8-21(31)32/h3-6,11,13,16,18-20,27,38H,7-10,12,26H2,1-2H3,(H,28,35)(H,29,33)(H,30,34)(H,31,32)(H,36,37). The number of aromatic amines is 1. The van der Waals surface area contributed by atoms with E-state index in [0.29, 0.717) is 6.42 Å². The summed E-state index contributed by atoms with van der Waals surface area (Å²) in [6.45, 7) is 3.83. The first-order valence-corrected chi connectivity index (χ1v) is 12.8. The number of carboxylic acid groups (broad SMARTS) is 2. The fraction of sp³-hybridized carbons (Fsp3) is 0.480. The predicted molar refractivity (Wildman–Crippen MR) is 144 cm³/mol. The molecule has 0 fully saturated rings. The average Bonchev–Trinajstić information content (AvgIpc) is 3.26. The first-order chi connectivity index (χ1) is 17.9. The monoisotopic (exact) mass is 549 g/mol. The van der Waals surface area contributed by atoms with Crippen LogP contribution in [0.15, 0.2) is 30.5 Å². The second-order valence-electron chi connectivity index (χ2n) is 9.44. The smallest absolute Gasteiger partial charge is 0.326 e. The summed E-state index contributed by atoms with van der Waals surface area (Å²) >= 11 is 4.11. The summed E-state index contributed by atoms with van der Waals surface area (Å²) in [5, 5.41) is 26.4. The lowest BCUT2D eigenvalue weighted by Gasteiger charge is -2.24. The van der Waals surface area contributed by atoms with E-state index in [-0.39, 0.29) is 24.5 Å². The SMILES string of the molecule is CC(C)CC(N)C(=O)NC(Cc1c[nH]c2ccccc12)C(=O)NC(CS)C(=O)NC(CCC(=O)O)C(=O)O. The highest BCUT2D eigenvalue weighted by molar-refractivity contribution is 7.80. The molecule has 0 aliphatic carbocycles. The highest BCUT2D eigenvalue weighted by Gasteiger charge is 2.30. The topological polar surface area (TPSA) is 204 Å². The van der Waals surface area contributed by atoms with Gasteiger partial charge in [0, 0.05) is 35.7 Å². The maximum Gasteiger partial charge on any atom is 0.326 e. The molecule has 1 heterocycles. The molecule has 0 radical (unpaired) electrons. The lowest BCUT2D eigenvalue weighted by molar-refractivity contribution is -0.143. The Kier molecular flexibility index (Phi) is 11.6. The Morgan fingerprint density at radius 2 is 1.55 bits per heavy atom. The number of amides is 3. The molecule has 8 N–H and O–H groups in total. The number of benzene rings is 1. The van der Waals surface area contributed by atoms with Crippen LogP contribution in [0.3, 0.4) is 0 Å². The van der Waals surface area contributed by atoms with Crippen molar-refractivity contribution in [3.05, 3.63) is 36.0 Å². The maximum absolute atomic E-state index is 13.3. The van der Waals surface area contributed by atoms with Crippen molar-refractivity contribution in [2.24, 2.45) is 11.7 Å². The third kappa shape index (κ3) is 9.06. The van der Waals surface area contributed by atoms with Crippen LogP contribution in [0.1, 0.15) is 38.7 Å². The van der Waals surface area contributed by atoms with Gasteiger partial charge in [0.1, 0.15) is 18.1 Å². The van der Waals surface area contributed by atoms with Gasteiger partial charge in [0.25, 0.3) is 0 Å². The van der Waals surface area contributed by atoms with Crippen LogP contribution in [-0.2, 0) is 30.4 Å². The predicted octanol–water partition coefficient (Wildman–Crippen LogP) is 0.417. The van der Waals surface area contributed by atoms with Crippen molar-refractivity contribution >= 4 is 53.2 Å². The first-order valence-electron chi connectivity index (χ1n) is 12.2. The van der Waals surface area contributed by atoms with Gasteiger partial charge in [0.05, 0.1) is 6.04 Å². The van der Waals surface area contributed by atoms with E-state index in [0.717, 1.165) is 16.5 Å². The Bertz CT molecular complexity index is 1150. The van der Waals surface area contributed by atoms with Gasteiger partial charge in [-0.25, -0.2) is 4.79 Å². The van der Waals surface area contributed by atoms with E-state index in [1.54, 1.807) is 6.20 Å². The van der Waals surface area contributed by atoms with E-state index in [9.17, 15) is 29.1 Å². The zero-order chi connectivity index (χ0) is 28.4. The third-order valence-electron chi connectivity index (χ3n) is 5.87. The molecular formula is C25H35N5O7S. The van der Waals surface area contributed by atoms with E-state index in [1.807, 2.05) is 38.1 Å². The fourth-order valence-electron chi connectivity index (χ4n) is 3.89. The summed E-state index contributed by atoms with van der Waals surface area (Å²) in [7, 11) is 0. The molecule has 1 aromatic heterocycles. The number of para-hydroxylation sites is 1. The van der Waals surface area contributed by atoms with Gasteiger partial charge in [-0.15, -0.1) is 0 Å². The summed E-state index contributed by atoms with van der Waals surface area (Å²) in [5.41, 5.74) is 7.62. The van der Waals surface area contributed by atoms with Gasteiger partial charge < -0.3 is 36.9 Å². The van der Waals surface area contributed by atoms with Gasteiger partial charge in [-0.1, -0.05) is 32.0 Å². The molecule has 0 saturated heterocycles. The molecule has 1 aromatic carbocycles. The highest BCUT2D eigenvalue weighted by Crippen LogP contribution is 2.19. The van der Waals surface area contributed by atoms with Crippen LogP contribution in [0.5, 0.6) is 0 Å². The normalized spacial score (nSPS) is 14.3. The molecule has 4 atom stereocenters. The minimum atomic E-state index is -1.46. The van der Waals surface area contributed by atoms with Crippen molar-refractivity contribution in [2.75, 3.05) is 5.75 Å². The van der Waals surface area contributed by atoms with Crippen LogP contribution < -0.4 is 21.7 Å². The van der Waals surface area contributed by atoms with Crippen molar-refractivity contribution in [2.45, 2.75) is 63.7 Å². The molecule has 0 spiro atoms. The lowest BCUT2D eigenvalue weighted by atomic mass is 10.0. The second kappa shape index (κ2) is 14.4. The van der Waals surface area contributed by atoms with Gasteiger partial charge in [-0.2, -0.15) is 12.6 Å². The van der Waals surface area contributed by atoms with Crippen LogP contribution >= 0.6 is 12.6 Å². The van der Waals surface area contributed by atoms with Crippen molar-refractivity contribution in [3.63, 3.8) is 0 Å². The summed E-state index contributed by atoms with van der Waals surface area (Å²) in [6, 6.07) is 2.79. The average molecular weight is 550 g/mol. The van der Waals surface area contributed by atoms with Crippen molar-refractivity contribution < 1.29 is 34.2 Å². The molecule has 2 aromatic rings. The molecular weight excluding hydrogens is 514 g/mol. The van der Waals surface area contributed by atoms with Gasteiger partial charge in [0.2, 0.25) is 17.7 Å². The molecule has 4 unspecified atom stereocenters. The van der Waals surface area contributed by atoms with Gasteiger partial charge in [-0.05, 0) is 30.4 Å². The number of aromatic nitrogens is 1. The highest BCUT2D eigenvalue weighted by atomic mass is 32.1. The summed E-state index contributed by atoms with van der Waals surface area (Å²) in [6.07, 6.45) is 1.42. The van der Waals surface area contributed by atoms with E-state index in [4.69, 9.17) is 10.8 Å². The zero-order valence-electron chi connectivity index (χ0n) is 21.3. The van der Waals surface area contributed by atoms with Gasteiger partial charge >= 0.3 is 11.9 Å². The number of carbonyl (C=O) groups is 5. The Morgan fingerprint density at radius 3 is 2.16 bits per heavy atom. The van der Waals surface area contributed by atoms with Crippen molar-refractivity contribution in [1.82, 2.24) is 20.9 Å². The number of hydrogen-bond acceptors (Lipinski definition) is 7. The fourth-order valence-corrected chi connectivity index (χ4v) is 4.14. The number of aliphatic carboxylic acids is 2. The Morgan fingerprint density at radius 1 is 0.947 bits per heavy atom. The molecule has 0 bridgehead atoms. The number of nitrogens with one attached hydrogen (secondary N) is 4. The molecule has 0 aliphatic heterocycles. The summed E-state index contributed by atoms with van der Waals surface area (Å²) in [4.78, 5) is 64.2. The molecule has 208 valence electrons. The number of carboxylic acids is 2. The number of thiol groups is 1. The number of hydrogen-bond donors (Lipinski definition) is 8. The number of carbonyl (C=O) groups excluding carboxylic acids is 3. The first kappa shape index (κ1) is 30.6. The van der Waals surface area contributed by atoms with E-state index in [1.165, 1.54) is 0 Å². The molecule has 2 rings (SSSR count). The van der Waals surface area contributed by atoms with Crippen LogP contribution in [0.2, 0.25) is 0 Å². The van der Waals surface area contributed by atoms with Crippen LogP contribution in [0.4, 0.5) is 0 Å². The molecule has 0 aliphatic rings. The Labute approximate surface area is 225 Å². The molecule has 12 nitrogen and oxygen atoms in total. The summed E-state index contributed by atoms with van der Waals surface area (Å²) in [5.74, 6) is -4.71. The molecule has 0 saturated carbocycles. The number of rotatable bonds is 15. The minimum Gasteiger partial charge on any atom is -0.481 e. The Balaban J connectivity index is 2.21. The maximum atomic E-state index is 13.3. The molecule has 3 amide bonds. The Hall–Kier alpha value is -3.58. The van der Waals surface area contributed by atoms with Crippen LogP contribution in [0.25, 0.3) is 10.9 Å². The molecule has 13 heteroatoms. The minimum absolute atomic E-state index is 0.0905. The third-order valence-corrected chi connectivity index (χ3v) is 6.24. The van der Waals surface area contributed by atoms with E-state index >= 15 is 0 Å². The van der Waals surface area contributed by atoms with Crippen LogP contribution in [0, 0.1) is 5.92 Å². The summed E-state index contributed by atoms with van der Waals surface area (Å²) < 4.78 is 0. The number of nitrogens with two attached hydrogens (primary N) is 1. The second-order valence-corrected chi connectivity index (χ2v) is 9.80. The van der Waals surface area contributed by atoms with E-state index in [2.05, 4.69) is 33.6 Å². The lowest BCUT2D eigenvalue weighted by Crippen LogP contribution is -2.58. The zero-order valence-corrected chi connectivity index (χ0v) is 22.2. The number of H-pyrrole nitrogens is 1. The molecule has 38 heavy (non-hydrogen) atoms. The quantitative estimate of drug-likeness (QED) is 0.146. The van der Waals surface area contributed by atoms with Gasteiger partial charge in [0.15, 0.2) is 0 Å². The largest absolute Gasteiger partial charge is 0.481 e.